The predicted octanol–water partition coefficient (Wildman–Crippen LogP) is 3.26. The van der Waals surface area contributed by atoms with Gasteiger partial charge in [-0.3, -0.25) is 4.57 Å². The van der Waals surface area contributed by atoms with E-state index in [0.29, 0.717) is 24.0 Å². The minimum absolute atomic E-state index is 0.599. The van der Waals surface area contributed by atoms with E-state index in [4.69, 9.17) is 16.3 Å². The number of anilines is 1. The molecule has 1 aliphatic rings. The van der Waals surface area contributed by atoms with Crippen LogP contribution in [-0.2, 0) is 4.74 Å². The standard InChI is InChI=1S/C16H19ClN4OS/c1-12-4-3-5-14(10-12)21-15(20-6-8-22-9-7-20)18-19-16(21)23-11-13(2)17/h3-5,10H,2,6-9,11H2,1H3. The zero-order chi connectivity index (χ0) is 16.2. The van der Waals surface area contributed by atoms with Crippen LogP contribution in [0, 0.1) is 6.92 Å². The first-order chi connectivity index (χ1) is 11.1. The molecule has 1 aliphatic heterocycles. The molecule has 7 heteroatoms. The molecule has 0 saturated carbocycles. The fraction of sp³-hybridized carbons (Fsp3) is 0.375. The Hall–Kier alpha value is -1.50. The Morgan fingerprint density at radius 3 is 2.83 bits per heavy atom. The van der Waals surface area contributed by atoms with E-state index in [9.17, 15) is 0 Å². The molecule has 1 aromatic carbocycles. The minimum atomic E-state index is 0.599. The topological polar surface area (TPSA) is 43.2 Å². The lowest BCUT2D eigenvalue weighted by atomic mass is 10.2. The summed E-state index contributed by atoms with van der Waals surface area (Å²) in [5, 5.41) is 10.2. The van der Waals surface area contributed by atoms with Crippen molar-refractivity contribution in [1.82, 2.24) is 14.8 Å². The predicted molar refractivity (Wildman–Crippen MR) is 94.8 cm³/mol. The molecule has 0 atom stereocenters. The van der Waals surface area contributed by atoms with E-state index in [1.807, 2.05) is 6.07 Å². The molecule has 1 aromatic heterocycles. The number of aromatic nitrogens is 3. The Bertz CT molecular complexity index is 697. The van der Waals surface area contributed by atoms with Gasteiger partial charge in [0, 0.05) is 23.9 Å². The summed E-state index contributed by atoms with van der Waals surface area (Å²) in [6.07, 6.45) is 0. The molecular weight excluding hydrogens is 332 g/mol. The number of ether oxygens (including phenoxy) is 1. The summed E-state index contributed by atoms with van der Waals surface area (Å²) >= 11 is 7.45. The molecule has 0 N–H and O–H groups in total. The summed E-state index contributed by atoms with van der Waals surface area (Å²) < 4.78 is 7.52. The first kappa shape index (κ1) is 16.4. The molecular formula is C16H19ClN4OS. The average Bonchev–Trinajstić information content (AvgIpc) is 2.97. The molecule has 0 spiro atoms. The Kier molecular flexibility index (Phi) is 5.25. The second-order valence-corrected chi connectivity index (χ2v) is 6.84. The van der Waals surface area contributed by atoms with Gasteiger partial charge in [0.1, 0.15) is 0 Å². The smallest absolute Gasteiger partial charge is 0.232 e. The van der Waals surface area contributed by atoms with Gasteiger partial charge in [0.2, 0.25) is 5.95 Å². The lowest BCUT2D eigenvalue weighted by Gasteiger charge is -2.28. The maximum Gasteiger partial charge on any atom is 0.232 e. The van der Waals surface area contributed by atoms with Crippen LogP contribution in [0.3, 0.4) is 0 Å². The van der Waals surface area contributed by atoms with Gasteiger partial charge in [-0.15, -0.1) is 10.2 Å². The van der Waals surface area contributed by atoms with Crippen molar-refractivity contribution >= 4 is 29.3 Å². The van der Waals surface area contributed by atoms with E-state index in [1.165, 1.54) is 5.56 Å². The lowest BCUT2D eigenvalue weighted by molar-refractivity contribution is 0.122. The number of thioether (sulfide) groups is 1. The molecule has 1 saturated heterocycles. The molecule has 0 aliphatic carbocycles. The van der Waals surface area contributed by atoms with Crippen molar-refractivity contribution in [3.63, 3.8) is 0 Å². The molecule has 0 amide bonds. The van der Waals surface area contributed by atoms with Crippen LogP contribution < -0.4 is 4.90 Å². The molecule has 5 nitrogen and oxygen atoms in total. The fourth-order valence-corrected chi connectivity index (χ4v) is 3.32. The van der Waals surface area contributed by atoms with Crippen LogP contribution in [-0.4, -0.2) is 46.8 Å². The number of benzene rings is 1. The number of morpholine rings is 1. The second kappa shape index (κ2) is 7.38. The Balaban J connectivity index is 2.00. The van der Waals surface area contributed by atoms with Crippen molar-refractivity contribution in [2.75, 3.05) is 37.0 Å². The van der Waals surface area contributed by atoms with Crippen molar-refractivity contribution in [1.29, 1.82) is 0 Å². The summed E-state index contributed by atoms with van der Waals surface area (Å²) in [7, 11) is 0. The highest BCUT2D eigenvalue weighted by Crippen LogP contribution is 2.28. The van der Waals surface area contributed by atoms with Gasteiger partial charge in [0.25, 0.3) is 0 Å². The van der Waals surface area contributed by atoms with Gasteiger partial charge < -0.3 is 9.64 Å². The molecule has 0 bridgehead atoms. The highest BCUT2D eigenvalue weighted by molar-refractivity contribution is 7.99. The maximum absolute atomic E-state index is 5.91. The van der Waals surface area contributed by atoms with Gasteiger partial charge >= 0.3 is 0 Å². The van der Waals surface area contributed by atoms with Crippen LogP contribution >= 0.6 is 23.4 Å². The Labute approximate surface area is 145 Å². The minimum Gasteiger partial charge on any atom is -0.378 e. The van der Waals surface area contributed by atoms with Crippen LogP contribution in [0.2, 0.25) is 0 Å². The quantitative estimate of drug-likeness (QED) is 0.774. The number of nitrogens with zero attached hydrogens (tertiary/aromatic N) is 4. The summed E-state index contributed by atoms with van der Waals surface area (Å²) in [5.74, 6) is 1.45. The third-order valence-electron chi connectivity index (χ3n) is 3.53. The number of hydrogen-bond donors (Lipinski definition) is 0. The number of rotatable bonds is 5. The van der Waals surface area contributed by atoms with Gasteiger partial charge in [-0.1, -0.05) is 42.1 Å². The van der Waals surface area contributed by atoms with Gasteiger partial charge in [-0.25, -0.2) is 0 Å². The van der Waals surface area contributed by atoms with Crippen molar-refractivity contribution in [3.8, 4) is 5.69 Å². The number of halogens is 1. The van der Waals surface area contributed by atoms with E-state index < -0.39 is 0 Å². The van der Waals surface area contributed by atoms with Crippen molar-refractivity contribution < 1.29 is 4.74 Å². The SMILES string of the molecule is C=C(Cl)CSc1nnc(N2CCOCC2)n1-c1cccc(C)c1. The van der Waals surface area contributed by atoms with Crippen LogP contribution in [0.4, 0.5) is 5.95 Å². The average molecular weight is 351 g/mol. The van der Waals surface area contributed by atoms with Crippen LogP contribution in [0.1, 0.15) is 5.56 Å². The van der Waals surface area contributed by atoms with Crippen LogP contribution in [0.5, 0.6) is 0 Å². The van der Waals surface area contributed by atoms with Crippen LogP contribution in [0.25, 0.3) is 5.69 Å². The summed E-state index contributed by atoms with van der Waals surface area (Å²) in [4.78, 5) is 2.21. The first-order valence-electron chi connectivity index (χ1n) is 7.46. The fourth-order valence-electron chi connectivity index (χ4n) is 2.46. The van der Waals surface area contributed by atoms with E-state index in [2.05, 4.69) is 51.4 Å². The van der Waals surface area contributed by atoms with Crippen molar-refractivity contribution in [3.05, 3.63) is 41.4 Å². The summed E-state index contributed by atoms with van der Waals surface area (Å²) in [6, 6.07) is 8.32. The zero-order valence-electron chi connectivity index (χ0n) is 13.0. The first-order valence-corrected chi connectivity index (χ1v) is 8.83. The molecule has 23 heavy (non-hydrogen) atoms. The van der Waals surface area contributed by atoms with Crippen molar-refractivity contribution in [2.24, 2.45) is 0 Å². The molecule has 0 radical (unpaired) electrons. The molecule has 2 aromatic rings. The second-order valence-electron chi connectivity index (χ2n) is 5.36. The van der Waals surface area contributed by atoms with E-state index >= 15 is 0 Å². The lowest BCUT2D eigenvalue weighted by Crippen LogP contribution is -2.37. The maximum atomic E-state index is 5.91. The van der Waals surface area contributed by atoms with Crippen LogP contribution in [0.15, 0.2) is 41.0 Å². The third-order valence-corrected chi connectivity index (χ3v) is 4.84. The monoisotopic (exact) mass is 350 g/mol. The highest BCUT2D eigenvalue weighted by atomic mass is 35.5. The normalized spacial score (nSPS) is 15.0. The van der Waals surface area contributed by atoms with Gasteiger partial charge in [0.15, 0.2) is 5.16 Å². The van der Waals surface area contributed by atoms with Gasteiger partial charge in [0.05, 0.1) is 18.9 Å². The molecule has 1 fully saturated rings. The van der Waals surface area contributed by atoms with E-state index in [-0.39, 0.29) is 0 Å². The summed E-state index contributed by atoms with van der Waals surface area (Å²) in [5.41, 5.74) is 2.25. The Morgan fingerprint density at radius 2 is 2.13 bits per heavy atom. The third kappa shape index (κ3) is 3.88. The molecule has 0 unspecified atom stereocenters. The number of aryl methyl sites for hydroxylation is 1. The zero-order valence-corrected chi connectivity index (χ0v) is 14.6. The molecule has 122 valence electrons. The van der Waals surface area contributed by atoms with Gasteiger partial charge in [-0.2, -0.15) is 0 Å². The van der Waals surface area contributed by atoms with E-state index in [1.54, 1.807) is 11.8 Å². The highest BCUT2D eigenvalue weighted by Gasteiger charge is 2.21. The molecule has 2 heterocycles. The van der Waals surface area contributed by atoms with Crippen molar-refractivity contribution in [2.45, 2.75) is 12.1 Å². The van der Waals surface area contributed by atoms with E-state index in [0.717, 1.165) is 29.9 Å². The summed E-state index contributed by atoms with van der Waals surface area (Å²) in [6.45, 7) is 8.88. The largest absolute Gasteiger partial charge is 0.378 e. The molecule has 3 rings (SSSR count). The number of hydrogen-bond acceptors (Lipinski definition) is 5. The van der Waals surface area contributed by atoms with Gasteiger partial charge in [-0.05, 0) is 24.6 Å². The Morgan fingerprint density at radius 1 is 1.35 bits per heavy atom.